The minimum Gasteiger partial charge on any atom is -0.504 e. The standard InChI is InChI=1S/C34H35Cl3N4O10S/c1-13-6-16-7-18-19(8-38)41-20-9-47-32(44)17(39-33(45)48-11-34(35,36)37)10-52-31(25(41)24(40(18)4)21(16)26(43)27(13)46-5)23-22(20)30-29(49-12-50-30)14(2)28(23)51-15(3)42/h6,17-20,24-25,31,43H,7,9-12H2,1-5H3,(H,39,45)/t17-,18+,19-,20-,24+,25+,31?/m0/s1. The van der Waals surface area contributed by atoms with Gasteiger partial charge in [0.2, 0.25) is 10.6 Å². The Labute approximate surface area is 318 Å². The van der Waals surface area contributed by atoms with Crippen LogP contribution in [-0.2, 0) is 25.5 Å². The number of nitrogens with zero attached hydrogens (tertiary/aromatic N) is 3. The average Bonchev–Trinajstić information content (AvgIpc) is 3.57. The number of thioether (sulfide) groups is 1. The fraction of sp³-hybridized carbons (Fsp3) is 0.529. The molecule has 5 aliphatic rings. The summed E-state index contributed by atoms with van der Waals surface area (Å²) in [6.07, 6.45) is -0.553. The molecule has 52 heavy (non-hydrogen) atoms. The van der Waals surface area contributed by atoms with Crippen LogP contribution in [0.4, 0.5) is 4.79 Å². The number of fused-ring (bicyclic) bond motifs is 9. The summed E-state index contributed by atoms with van der Waals surface area (Å²) < 4.78 is 32.8. The van der Waals surface area contributed by atoms with Gasteiger partial charge in [-0.2, -0.15) is 5.26 Å². The molecule has 18 heteroatoms. The summed E-state index contributed by atoms with van der Waals surface area (Å²) >= 11 is 18.6. The van der Waals surface area contributed by atoms with E-state index in [0.717, 1.165) is 11.1 Å². The third-order valence-corrected chi connectivity index (χ3v) is 12.0. The molecule has 2 aromatic carbocycles. The summed E-state index contributed by atoms with van der Waals surface area (Å²) in [5, 5.41) is 24.7. The molecule has 0 spiro atoms. The summed E-state index contributed by atoms with van der Waals surface area (Å²) in [5.41, 5.74) is 3.97. The topological polar surface area (TPSA) is 169 Å². The molecule has 278 valence electrons. The Bertz CT molecular complexity index is 1900. The summed E-state index contributed by atoms with van der Waals surface area (Å²) in [6.45, 7) is 3.97. The van der Waals surface area contributed by atoms with Gasteiger partial charge in [-0.1, -0.05) is 40.9 Å². The Balaban J connectivity index is 1.45. The molecular weight excluding hydrogens is 763 g/mol. The summed E-state index contributed by atoms with van der Waals surface area (Å²) in [5.74, 6) is -0.00818. The van der Waals surface area contributed by atoms with E-state index in [2.05, 4.69) is 21.2 Å². The number of rotatable bonds is 4. The zero-order valence-electron chi connectivity index (χ0n) is 28.7. The van der Waals surface area contributed by atoms with Gasteiger partial charge in [0.25, 0.3) is 0 Å². The molecule has 7 atom stereocenters. The van der Waals surface area contributed by atoms with E-state index in [4.69, 9.17) is 63.2 Å². The Morgan fingerprint density at radius 2 is 1.88 bits per heavy atom. The fourth-order valence-electron chi connectivity index (χ4n) is 8.40. The molecule has 5 heterocycles. The highest BCUT2D eigenvalue weighted by Crippen LogP contribution is 2.64. The number of nitriles is 1. The Hall–Kier alpha value is -3.52. The number of esters is 2. The van der Waals surface area contributed by atoms with Crippen LogP contribution in [0.3, 0.4) is 0 Å². The molecular formula is C34H35Cl3N4O10S. The van der Waals surface area contributed by atoms with Crippen LogP contribution in [0.25, 0.3) is 0 Å². The molecule has 0 aromatic heterocycles. The second kappa shape index (κ2) is 13.7. The summed E-state index contributed by atoms with van der Waals surface area (Å²) in [4.78, 5) is 43.4. The van der Waals surface area contributed by atoms with Crippen molar-refractivity contribution in [3.8, 4) is 34.8 Å². The number of likely N-dealkylation sites (N-methyl/N-ethyl adjacent to an activating group) is 1. The molecule has 14 nitrogen and oxygen atoms in total. The monoisotopic (exact) mass is 796 g/mol. The smallest absolute Gasteiger partial charge is 0.408 e. The van der Waals surface area contributed by atoms with Crippen molar-refractivity contribution in [2.24, 2.45) is 0 Å². The Morgan fingerprint density at radius 1 is 1.15 bits per heavy atom. The maximum Gasteiger partial charge on any atom is 0.408 e. The number of hydrogen-bond donors (Lipinski definition) is 2. The van der Waals surface area contributed by atoms with Crippen molar-refractivity contribution >= 4 is 64.6 Å². The van der Waals surface area contributed by atoms with E-state index in [1.54, 1.807) is 6.92 Å². The first kappa shape index (κ1) is 36.8. The van der Waals surface area contributed by atoms with Crippen molar-refractivity contribution < 1.29 is 47.9 Å². The average molecular weight is 798 g/mol. The van der Waals surface area contributed by atoms with Gasteiger partial charge in [0.15, 0.2) is 23.0 Å². The molecule has 1 amide bonds. The van der Waals surface area contributed by atoms with E-state index >= 15 is 0 Å². The molecule has 2 aromatic rings. The lowest BCUT2D eigenvalue weighted by Crippen LogP contribution is -2.69. The number of aromatic hydroxyl groups is 1. The number of piperazine rings is 1. The van der Waals surface area contributed by atoms with Crippen LogP contribution < -0.4 is 24.3 Å². The molecule has 1 unspecified atom stereocenters. The third-order valence-electron chi connectivity index (χ3n) is 10.3. The zero-order chi connectivity index (χ0) is 37.4. The number of hydrogen-bond acceptors (Lipinski definition) is 14. The van der Waals surface area contributed by atoms with Crippen molar-refractivity contribution in [1.29, 1.82) is 5.26 Å². The number of aryl methyl sites for hydroxylation is 1. The number of halogens is 3. The molecule has 0 aliphatic carbocycles. The second-order valence-corrected chi connectivity index (χ2v) is 17.0. The normalized spacial score (nSPS) is 27.7. The van der Waals surface area contributed by atoms with Crippen molar-refractivity contribution in [3.63, 3.8) is 0 Å². The van der Waals surface area contributed by atoms with Crippen molar-refractivity contribution in [1.82, 2.24) is 15.1 Å². The van der Waals surface area contributed by atoms with Gasteiger partial charge < -0.3 is 38.8 Å². The number of ether oxygens (including phenoxy) is 6. The van der Waals surface area contributed by atoms with Crippen molar-refractivity contribution in [2.45, 2.75) is 72.5 Å². The summed E-state index contributed by atoms with van der Waals surface area (Å²) in [6, 6.07) is 0.309. The van der Waals surface area contributed by atoms with E-state index in [1.165, 1.54) is 25.8 Å². The van der Waals surface area contributed by atoms with Gasteiger partial charge in [-0.05, 0) is 38.4 Å². The predicted octanol–water partition coefficient (Wildman–Crippen LogP) is 4.70. The SMILES string of the molecule is COc1c(C)cc2c(c1O)[C@@H]1[C@@H]3C4SC[C@H](NC(=O)OCC(Cl)(Cl)Cl)C(=O)OC[C@@H](c5c6c(c(C)c(OC(C)=O)c54)OCO6)N3[C@@H](C#N)[C@@H](C2)N1C. The first-order chi connectivity index (χ1) is 24.7. The molecule has 2 fully saturated rings. The molecule has 0 saturated carbocycles. The van der Waals surface area contributed by atoms with Crippen LogP contribution in [0, 0.1) is 25.2 Å². The number of phenolic OH excluding ortho intramolecular Hbond substituents is 1. The third kappa shape index (κ3) is 6.01. The first-order valence-corrected chi connectivity index (χ1v) is 18.6. The van der Waals surface area contributed by atoms with E-state index in [0.29, 0.717) is 45.9 Å². The van der Waals surface area contributed by atoms with Gasteiger partial charge in [-0.25, -0.2) is 9.59 Å². The van der Waals surface area contributed by atoms with E-state index < -0.39 is 63.9 Å². The lowest BCUT2D eigenvalue weighted by Gasteiger charge is -2.61. The molecule has 2 saturated heterocycles. The van der Waals surface area contributed by atoms with Crippen LogP contribution in [0.5, 0.6) is 28.7 Å². The van der Waals surface area contributed by atoms with Gasteiger partial charge >= 0.3 is 18.0 Å². The van der Waals surface area contributed by atoms with Crippen LogP contribution in [0.1, 0.15) is 57.6 Å². The van der Waals surface area contributed by atoms with E-state index in [1.807, 2.05) is 20.0 Å². The fourth-order valence-corrected chi connectivity index (χ4v) is 10.1. The Kier molecular flexibility index (Phi) is 9.71. The quantitative estimate of drug-likeness (QED) is 0.248. The Morgan fingerprint density at radius 3 is 2.56 bits per heavy atom. The van der Waals surface area contributed by atoms with E-state index in [9.17, 15) is 24.8 Å². The molecule has 2 N–H and O–H groups in total. The lowest BCUT2D eigenvalue weighted by atomic mass is 9.71. The van der Waals surface area contributed by atoms with Crippen LogP contribution >= 0.6 is 46.6 Å². The van der Waals surface area contributed by atoms with Crippen LogP contribution in [0.15, 0.2) is 6.07 Å². The largest absolute Gasteiger partial charge is 0.504 e. The summed E-state index contributed by atoms with van der Waals surface area (Å²) in [7, 11) is 3.42. The highest BCUT2D eigenvalue weighted by atomic mass is 35.6. The van der Waals surface area contributed by atoms with E-state index in [-0.39, 0.29) is 36.7 Å². The van der Waals surface area contributed by atoms with Gasteiger partial charge in [-0.15, -0.1) is 11.8 Å². The molecule has 4 bridgehead atoms. The lowest BCUT2D eigenvalue weighted by molar-refractivity contribution is -0.151. The van der Waals surface area contributed by atoms with Gasteiger partial charge in [0, 0.05) is 47.0 Å². The molecule has 7 rings (SSSR count). The predicted molar refractivity (Wildman–Crippen MR) is 188 cm³/mol. The number of amides is 1. The maximum absolute atomic E-state index is 13.7. The number of nitrogens with one attached hydrogen (secondary N) is 1. The van der Waals surface area contributed by atoms with Gasteiger partial charge in [0.1, 0.15) is 31.0 Å². The van der Waals surface area contributed by atoms with Crippen LogP contribution in [0.2, 0.25) is 0 Å². The number of carbonyl (C=O) groups is 3. The number of benzene rings is 2. The van der Waals surface area contributed by atoms with Crippen LogP contribution in [-0.4, -0.2) is 101 Å². The first-order valence-electron chi connectivity index (χ1n) is 16.4. The minimum absolute atomic E-state index is 0.00825. The van der Waals surface area contributed by atoms with Gasteiger partial charge in [0.05, 0.1) is 30.5 Å². The van der Waals surface area contributed by atoms with Crippen molar-refractivity contribution in [2.75, 3.05) is 39.9 Å². The van der Waals surface area contributed by atoms with Gasteiger partial charge in [-0.3, -0.25) is 14.6 Å². The maximum atomic E-state index is 13.7. The number of carbonyl (C=O) groups excluding carboxylic acids is 3. The zero-order valence-corrected chi connectivity index (χ0v) is 31.7. The second-order valence-electron chi connectivity index (χ2n) is 13.3. The highest BCUT2D eigenvalue weighted by molar-refractivity contribution is 7.99. The van der Waals surface area contributed by atoms with Crippen molar-refractivity contribution in [3.05, 3.63) is 39.4 Å². The minimum atomic E-state index is -1.88. The number of alkyl halides is 3. The molecule has 5 aliphatic heterocycles. The highest BCUT2D eigenvalue weighted by Gasteiger charge is 2.60. The molecule has 0 radical (unpaired) electrons. The number of alkyl carbamates (subject to hydrolysis) is 1. The number of cyclic esters (lactones) is 1. The number of methoxy groups -OCH3 is 1. The number of phenols is 1.